The lowest BCUT2D eigenvalue weighted by atomic mass is 10.0. The van der Waals surface area contributed by atoms with Crippen molar-refractivity contribution in [3.63, 3.8) is 0 Å². The maximum Gasteiger partial charge on any atom is 0.142 e. The Hall–Kier alpha value is -3.78. The third-order valence-corrected chi connectivity index (χ3v) is 6.22. The minimum Gasteiger partial charge on any atom is -0.460 e. The quantitative estimate of drug-likeness (QED) is 0.296. The number of aryl methyl sites for hydroxylation is 2. The van der Waals surface area contributed by atoms with Crippen LogP contribution in [0.4, 0.5) is 0 Å². The number of benzene rings is 4. The molecule has 0 N–H and O–H groups in total. The molecule has 6 rings (SSSR count). The number of rotatable bonds is 2. The first-order chi connectivity index (χ1) is 14.7. The first-order valence-electron chi connectivity index (χ1n) is 10.3. The molecule has 2 nitrogen and oxygen atoms in total. The Bertz CT molecular complexity index is 1490. The average Bonchev–Trinajstić information content (AvgIpc) is 3.28. The van der Waals surface area contributed by atoms with Crippen LogP contribution in [0, 0.1) is 13.8 Å². The van der Waals surface area contributed by atoms with Gasteiger partial charge in [-0.1, -0.05) is 66.7 Å². The predicted octanol–water partition coefficient (Wildman–Crippen LogP) is 7.81. The fourth-order valence-electron chi connectivity index (χ4n) is 4.58. The Kier molecular flexibility index (Phi) is 3.63. The van der Waals surface area contributed by atoms with Crippen LogP contribution in [0.2, 0.25) is 0 Å². The molecule has 144 valence electrons. The molecule has 0 saturated heterocycles. The summed E-state index contributed by atoms with van der Waals surface area (Å²) in [7, 11) is 0. The third kappa shape index (κ3) is 2.37. The Labute approximate surface area is 175 Å². The van der Waals surface area contributed by atoms with Crippen molar-refractivity contribution in [1.82, 2.24) is 4.57 Å². The molecule has 0 saturated carbocycles. The summed E-state index contributed by atoms with van der Waals surface area (Å²) in [6.45, 7) is 4.15. The fourth-order valence-corrected chi connectivity index (χ4v) is 4.58. The highest BCUT2D eigenvalue weighted by molar-refractivity contribution is 6.09. The molecule has 0 amide bonds. The fraction of sp³-hybridized carbons (Fsp3) is 0.0714. The summed E-state index contributed by atoms with van der Waals surface area (Å²) in [6.07, 6.45) is 0. The van der Waals surface area contributed by atoms with Crippen molar-refractivity contribution in [3.8, 4) is 16.8 Å². The van der Waals surface area contributed by atoms with E-state index >= 15 is 0 Å². The zero-order chi connectivity index (χ0) is 20.2. The molecule has 0 atom stereocenters. The Morgan fingerprint density at radius 2 is 1.20 bits per heavy atom. The molecule has 0 unspecified atom stereocenters. The summed E-state index contributed by atoms with van der Waals surface area (Å²) in [4.78, 5) is 0. The predicted molar refractivity (Wildman–Crippen MR) is 125 cm³/mol. The number of hydrogen-bond donors (Lipinski definition) is 0. The molecule has 0 fully saturated rings. The molecular formula is C28H21NO. The van der Waals surface area contributed by atoms with Gasteiger partial charge in [0, 0.05) is 27.4 Å². The van der Waals surface area contributed by atoms with Crippen molar-refractivity contribution in [3.05, 3.63) is 102 Å². The molecule has 0 radical (unpaired) electrons. The van der Waals surface area contributed by atoms with E-state index in [1.807, 2.05) is 6.92 Å². The average molecular weight is 387 g/mol. The van der Waals surface area contributed by atoms with Crippen LogP contribution < -0.4 is 0 Å². The molecule has 0 aliphatic rings. The number of aromatic nitrogens is 1. The number of fused-ring (bicyclic) bond motifs is 4. The van der Waals surface area contributed by atoms with Crippen LogP contribution in [0.1, 0.15) is 11.3 Å². The lowest BCUT2D eigenvalue weighted by Crippen LogP contribution is -1.93. The van der Waals surface area contributed by atoms with Gasteiger partial charge < -0.3 is 8.98 Å². The van der Waals surface area contributed by atoms with Crippen molar-refractivity contribution in [2.24, 2.45) is 0 Å². The second-order valence-electron chi connectivity index (χ2n) is 7.88. The maximum absolute atomic E-state index is 6.10. The molecule has 30 heavy (non-hydrogen) atoms. The van der Waals surface area contributed by atoms with Gasteiger partial charge in [0.25, 0.3) is 0 Å². The van der Waals surface area contributed by atoms with Crippen LogP contribution in [0.5, 0.6) is 0 Å². The van der Waals surface area contributed by atoms with Crippen LogP contribution in [0.25, 0.3) is 49.6 Å². The Morgan fingerprint density at radius 3 is 1.87 bits per heavy atom. The maximum atomic E-state index is 6.10. The van der Waals surface area contributed by atoms with Crippen LogP contribution in [-0.2, 0) is 0 Å². The van der Waals surface area contributed by atoms with Gasteiger partial charge in [0.15, 0.2) is 0 Å². The number of nitrogens with zero attached hydrogens (tertiary/aromatic N) is 1. The highest BCUT2D eigenvalue weighted by Gasteiger charge is 2.14. The molecule has 0 spiro atoms. The van der Waals surface area contributed by atoms with Crippen molar-refractivity contribution in [2.75, 3.05) is 0 Å². The number of hydrogen-bond acceptors (Lipinski definition) is 1. The van der Waals surface area contributed by atoms with Crippen molar-refractivity contribution in [1.29, 1.82) is 0 Å². The molecule has 2 heteroatoms. The largest absolute Gasteiger partial charge is 0.460 e. The smallest absolute Gasteiger partial charge is 0.142 e. The molecule has 0 bridgehead atoms. The van der Waals surface area contributed by atoms with Gasteiger partial charge in [-0.2, -0.15) is 0 Å². The number of para-hydroxylation sites is 3. The molecule has 6 aromatic rings. The summed E-state index contributed by atoms with van der Waals surface area (Å²) >= 11 is 0. The van der Waals surface area contributed by atoms with Crippen LogP contribution in [0.3, 0.4) is 0 Å². The lowest BCUT2D eigenvalue weighted by Gasteiger charge is -2.09. The summed E-state index contributed by atoms with van der Waals surface area (Å²) in [5.74, 6) is 0.986. The molecule has 2 heterocycles. The van der Waals surface area contributed by atoms with E-state index in [4.69, 9.17) is 4.42 Å². The van der Waals surface area contributed by atoms with Gasteiger partial charge in [-0.3, -0.25) is 0 Å². The first-order valence-corrected chi connectivity index (χ1v) is 10.3. The molecule has 0 aliphatic heterocycles. The molecule has 4 aromatic carbocycles. The van der Waals surface area contributed by atoms with Crippen molar-refractivity contribution < 1.29 is 4.42 Å². The van der Waals surface area contributed by atoms with Crippen molar-refractivity contribution >= 4 is 32.8 Å². The Morgan fingerprint density at radius 1 is 0.600 bits per heavy atom. The van der Waals surface area contributed by atoms with Gasteiger partial charge >= 0.3 is 0 Å². The lowest BCUT2D eigenvalue weighted by molar-refractivity contribution is 0.576. The van der Waals surface area contributed by atoms with Crippen LogP contribution in [-0.4, -0.2) is 4.57 Å². The normalized spacial score (nSPS) is 11.7. The van der Waals surface area contributed by atoms with E-state index in [0.717, 1.165) is 22.6 Å². The van der Waals surface area contributed by atoms with Crippen LogP contribution >= 0.6 is 0 Å². The zero-order valence-electron chi connectivity index (χ0n) is 17.0. The van der Waals surface area contributed by atoms with Crippen molar-refractivity contribution in [2.45, 2.75) is 13.8 Å². The van der Waals surface area contributed by atoms with E-state index in [1.165, 1.54) is 38.3 Å². The minimum atomic E-state index is 0.970. The summed E-state index contributed by atoms with van der Waals surface area (Å²) in [5, 5.41) is 3.75. The van der Waals surface area contributed by atoms with Gasteiger partial charge in [-0.25, -0.2) is 0 Å². The van der Waals surface area contributed by atoms with Gasteiger partial charge in [0.2, 0.25) is 0 Å². The third-order valence-electron chi connectivity index (χ3n) is 6.22. The first kappa shape index (κ1) is 17.1. The zero-order valence-corrected chi connectivity index (χ0v) is 17.0. The van der Waals surface area contributed by atoms with Gasteiger partial charge in [-0.15, -0.1) is 0 Å². The number of furan rings is 1. The van der Waals surface area contributed by atoms with Gasteiger partial charge in [0.1, 0.15) is 11.3 Å². The minimum absolute atomic E-state index is 0.970. The highest BCUT2D eigenvalue weighted by Crippen LogP contribution is 2.35. The second-order valence-corrected chi connectivity index (χ2v) is 7.88. The summed E-state index contributed by atoms with van der Waals surface area (Å²) in [6, 6.07) is 32.4. The van der Waals surface area contributed by atoms with E-state index in [1.54, 1.807) is 0 Å². The highest BCUT2D eigenvalue weighted by atomic mass is 16.3. The summed E-state index contributed by atoms with van der Waals surface area (Å²) in [5.41, 5.74) is 8.11. The monoisotopic (exact) mass is 387 g/mol. The van der Waals surface area contributed by atoms with E-state index < -0.39 is 0 Å². The van der Waals surface area contributed by atoms with Crippen LogP contribution in [0.15, 0.2) is 95.4 Å². The van der Waals surface area contributed by atoms with E-state index in [0.29, 0.717) is 0 Å². The topological polar surface area (TPSA) is 18.1 Å². The standard InChI is InChI=1S/C28H21NO/c1-18-19(2)30-28-22(18)10-7-11-23(28)20-14-16-21(17-15-20)29-26-12-5-3-8-24(26)25-9-4-6-13-27(25)29/h3-17H,1-2H3. The second kappa shape index (κ2) is 6.36. The Balaban J connectivity index is 1.54. The van der Waals surface area contributed by atoms with Gasteiger partial charge in [-0.05, 0) is 49.2 Å². The summed E-state index contributed by atoms with van der Waals surface area (Å²) < 4.78 is 8.44. The van der Waals surface area contributed by atoms with E-state index in [-0.39, 0.29) is 0 Å². The molecule has 0 aliphatic carbocycles. The van der Waals surface area contributed by atoms with E-state index in [9.17, 15) is 0 Å². The van der Waals surface area contributed by atoms with Gasteiger partial charge in [0.05, 0.1) is 11.0 Å². The SMILES string of the molecule is Cc1oc2c(-c3ccc(-n4c5ccccc5c5ccccc54)cc3)cccc2c1C. The van der Waals surface area contributed by atoms with E-state index in [2.05, 4.69) is 102 Å². The molecular weight excluding hydrogens is 366 g/mol. The molecule has 2 aromatic heterocycles.